The molecule has 2 heterocycles. The van der Waals surface area contributed by atoms with Crippen LogP contribution in [0.4, 0.5) is 5.00 Å². The van der Waals surface area contributed by atoms with Crippen molar-refractivity contribution in [2.75, 3.05) is 58.4 Å². The van der Waals surface area contributed by atoms with Crippen molar-refractivity contribution >= 4 is 52.3 Å². The molecular formula is C31H43ClN4O5S. The number of amides is 1. The highest BCUT2D eigenvalue weighted by Crippen LogP contribution is 2.34. The van der Waals surface area contributed by atoms with Crippen molar-refractivity contribution in [3.05, 3.63) is 40.8 Å². The lowest BCUT2D eigenvalue weighted by atomic mass is 10.1. The zero-order chi connectivity index (χ0) is 29.6. The second-order valence-corrected chi connectivity index (χ2v) is 10.9. The maximum Gasteiger partial charge on any atom is 0.306 e. The number of carbonyl (C=O) groups excluding carboxylic acids is 2. The number of esters is 1. The van der Waals surface area contributed by atoms with E-state index < -0.39 is 0 Å². The number of nitrogens with zero attached hydrogens (tertiary/aromatic N) is 3. The third-order valence-corrected chi connectivity index (χ3v) is 8.28. The van der Waals surface area contributed by atoms with Gasteiger partial charge in [0.05, 0.1) is 37.3 Å². The Labute approximate surface area is 259 Å². The number of halogens is 1. The fourth-order valence-corrected chi connectivity index (χ4v) is 5.73. The van der Waals surface area contributed by atoms with E-state index in [1.807, 2.05) is 18.2 Å². The molecule has 1 saturated heterocycles. The molecule has 0 radical (unpaired) electrons. The first-order valence-corrected chi connectivity index (χ1v) is 15.1. The quantitative estimate of drug-likeness (QED) is 0.161. The molecule has 1 aliphatic rings. The monoisotopic (exact) mass is 618 g/mol. The molecule has 0 spiro atoms. The summed E-state index contributed by atoms with van der Waals surface area (Å²) in [5.74, 6) is 0.767. The van der Waals surface area contributed by atoms with Crippen LogP contribution in [0.5, 0.6) is 11.5 Å². The van der Waals surface area contributed by atoms with E-state index in [1.54, 1.807) is 37.7 Å². The van der Waals surface area contributed by atoms with Crippen LogP contribution in [0.1, 0.15) is 56.4 Å². The van der Waals surface area contributed by atoms with Crippen LogP contribution in [0, 0.1) is 11.3 Å². The summed E-state index contributed by atoms with van der Waals surface area (Å²) in [6.45, 7) is 9.39. The molecule has 1 aromatic heterocycles. The zero-order valence-corrected chi connectivity index (χ0v) is 26.7. The maximum atomic E-state index is 12.3. The Bertz CT molecular complexity index is 1220. The lowest BCUT2D eigenvalue weighted by Crippen LogP contribution is -2.37. The largest absolute Gasteiger partial charge is 0.493 e. The standard InChI is InChI=1S/C31H42N4O5S.ClH/c1-5-34(6-2)17-7-16-33-29(36)11-13-31(37)40-25-14-18-35(19-15-25)30-12-9-26(41-30)20-24(22-32)23-8-10-27(38-3)28(21-23)39-4;/h8-10,12,20-21,25H,5-7,11,13-19H2,1-4H3,(H,33,36);1H/b24-20+;. The molecule has 1 amide bonds. The van der Waals surface area contributed by atoms with Crippen LogP contribution in [0.2, 0.25) is 0 Å². The van der Waals surface area contributed by atoms with E-state index in [0.29, 0.717) is 23.6 Å². The van der Waals surface area contributed by atoms with E-state index >= 15 is 0 Å². The minimum absolute atomic E-state index is 0. The van der Waals surface area contributed by atoms with Crippen LogP contribution in [0.25, 0.3) is 11.6 Å². The van der Waals surface area contributed by atoms with Crippen LogP contribution >= 0.6 is 23.7 Å². The van der Waals surface area contributed by atoms with E-state index in [0.717, 1.165) is 67.4 Å². The van der Waals surface area contributed by atoms with Gasteiger partial charge in [-0.15, -0.1) is 23.7 Å². The predicted molar refractivity (Wildman–Crippen MR) is 171 cm³/mol. The summed E-state index contributed by atoms with van der Waals surface area (Å²) >= 11 is 1.62. The highest BCUT2D eigenvalue weighted by Gasteiger charge is 2.23. The van der Waals surface area contributed by atoms with Gasteiger partial charge in [-0.05, 0) is 68.0 Å². The highest BCUT2D eigenvalue weighted by atomic mass is 35.5. The number of hydrogen-bond acceptors (Lipinski definition) is 9. The molecule has 3 rings (SSSR count). The van der Waals surface area contributed by atoms with Gasteiger partial charge in [-0.1, -0.05) is 13.8 Å². The Morgan fingerprint density at radius 2 is 1.81 bits per heavy atom. The number of piperidine rings is 1. The normalized spacial score (nSPS) is 13.7. The number of nitrogens with one attached hydrogen (secondary N) is 1. The van der Waals surface area contributed by atoms with Crippen molar-refractivity contribution < 1.29 is 23.8 Å². The van der Waals surface area contributed by atoms with E-state index in [-0.39, 0.29) is 43.2 Å². The number of ether oxygens (including phenoxy) is 3. The Kier molecular flexibility index (Phi) is 15.2. The molecule has 0 atom stereocenters. The molecule has 1 N–H and O–H groups in total. The van der Waals surface area contributed by atoms with Crippen LogP contribution in [-0.2, 0) is 14.3 Å². The third kappa shape index (κ3) is 10.5. The molecule has 1 aliphatic heterocycles. The topological polar surface area (TPSA) is 104 Å². The number of benzene rings is 1. The average Bonchev–Trinajstić information content (AvgIpc) is 3.47. The first-order valence-electron chi connectivity index (χ1n) is 14.3. The van der Waals surface area contributed by atoms with Gasteiger partial charge in [0.1, 0.15) is 6.10 Å². The minimum Gasteiger partial charge on any atom is -0.493 e. The molecule has 0 aliphatic carbocycles. The van der Waals surface area contributed by atoms with Crippen molar-refractivity contribution in [1.82, 2.24) is 10.2 Å². The fourth-order valence-electron chi connectivity index (χ4n) is 4.73. The Balaban J connectivity index is 0.00000616. The van der Waals surface area contributed by atoms with Crippen LogP contribution < -0.4 is 19.7 Å². The molecule has 1 fully saturated rings. The smallest absolute Gasteiger partial charge is 0.306 e. The Hall–Kier alpha value is -3.26. The number of thiophene rings is 1. The minimum atomic E-state index is -0.315. The second-order valence-electron chi connectivity index (χ2n) is 9.82. The summed E-state index contributed by atoms with van der Waals surface area (Å²) in [5, 5.41) is 13.8. The lowest BCUT2D eigenvalue weighted by Gasteiger charge is -2.32. The van der Waals surface area contributed by atoms with Gasteiger partial charge in [0.25, 0.3) is 0 Å². The molecule has 11 heteroatoms. The number of anilines is 1. The molecule has 0 bridgehead atoms. The van der Waals surface area contributed by atoms with E-state index in [4.69, 9.17) is 14.2 Å². The van der Waals surface area contributed by atoms with Crippen LogP contribution in [0.15, 0.2) is 30.3 Å². The molecule has 230 valence electrons. The summed E-state index contributed by atoms with van der Waals surface area (Å²) in [6, 6.07) is 11.8. The SMILES string of the molecule is CCN(CC)CCCNC(=O)CCC(=O)OC1CCN(c2ccc(/C=C(\C#N)c3ccc(OC)c(OC)c3)s2)CC1.Cl. The molecule has 0 unspecified atom stereocenters. The highest BCUT2D eigenvalue weighted by molar-refractivity contribution is 7.17. The molecule has 9 nitrogen and oxygen atoms in total. The number of nitriles is 1. The van der Waals surface area contributed by atoms with Gasteiger partial charge in [-0.3, -0.25) is 9.59 Å². The summed E-state index contributed by atoms with van der Waals surface area (Å²) in [7, 11) is 3.15. The molecule has 2 aromatic rings. The van der Waals surface area contributed by atoms with Crippen molar-refractivity contribution in [3.63, 3.8) is 0 Å². The first-order chi connectivity index (χ1) is 19.9. The average molecular weight is 619 g/mol. The van der Waals surface area contributed by atoms with Crippen molar-refractivity contribution in [2.24, 2.45) is 0 Å². The van der Waals surface area contributed by atoms with Gasteiger partial charge < -0.3 is 29.3 Å². The molecule has 42 heavy (non-hydrogen) atoms. The van der Waals surface area contributed by atoms with Gasteiger partial charge in [-0.25, -0.2) is 0 Å². The number of hydrogen-bond donors (Lipinski definition) is 1. The van der Waals surface area contributed by atoms with Gasteiger partial charge in [0.2, 0.25) is 5.91 Å². The summed E-state index contributed by atoms with van der Waals surface area (Å²) in [5.41, 5.74) is 1.30. The number of rotatable bonds is 15. The summed E-state index contributed by atoms with van der Waals surface area (Å²) in [4.78, 5) is 30.0. The van der Waals surface area contributed by atoms with Gasteiger partial charge in [0, 0.05) is 43.8 Å². The lowest BCUT2D eigenvalue weighted by molar-refractivity contribution is -0.151. The number of methoxy groups -OCH3 is 2. The van der Waals surface area contributed by atoms with Gasteiger partial charge in [-0.2, -0.15) is 5.26 Å². The van der Waals surface area contributed by atoms with Crippen LogP contribution in [0.3, 0.4) is 0 Å². The van der Waals surface area contributed by atoms with Crippen LogP contribution in [-0.4, -0.2) is 76.4 Å². The Morgan fingerprint density at radius 1 is 1.10 bits per heavy atom. The summed E-state index contributed by atoms with van der Waals surface area (Å²) in [6.07, 6.45) is 4.38. The van der Waals surface area contributed by atoms with E-state index in [2.05, 4.69) is 41.1 Å². The number of carbonyl (C=O) groups is 2. The van der Waals surface area contributed by atoms with Gasteiger partial charge in [0.15, 0.2) is 11.5 Å². The van der Waals surface area contributed by atoms with Gasteiger partial charge >= 0.3 is 5.97 Å². The van der Waals surface area contributed by atoms with E-state index in [1.165, 1.54) is 0 Å². The Morgan fingerprint density at radius 3 is 2.45 bits per heavy atom. The first kappa shape index (κ1) is 34.9. The zero-order valence-electron chi connectivity index (χ0n) is 25.0. The predicted octanol–water partition coefficient (Wildman–Crippen LogP) is 5.39. The van der Waals surface area contributed by atoms with Crippen molar-refractivity contribution in [2.45, 2.75) is 52.1 Å². The maximum absolute atomic E-state index is 12.3. The number of allylic oxidation sites excluding steroid dienone is 1. The second kappa shape index (κ2) is 18.3. The molecular weight excluding hydrogens is 576 g/mol. The van der Waals surface area contributed by atoms with Crippen molar-refractivity contribution in [1.29, 1.82) is 5.26 Å². The third-order valence-electron chi connectivity index (χ3n) is 7.19. The fraction of sp³-hybridized carbons (Fsp3) is 0.516. The molecule has 1 aromatic carbocycles. The molecule has 0 saturated carbocycles. The van der Waals surface area contributed by atoms with E-state index in [9.17, 15) is 14.9 Å². The van der Waals surface area contributed by atoms with Crippen molar-refractivity contribution in [3.8, 4) is 17.6 Å². The summed E-state index contributed by atoms with van der Waals surface area (Å²) < 4.78 is 16.3.